The second kappa shape index (κ2) is 5.10. The molecule has 3 heteroatoms. The first-order chi connectivity index (χ1) is 9.72. The highest BCUT2D eigenvalue weighted by atomic mass is 14.9. The summed E-state index contributed by atoms with van der Waals surface area (Å²) in [7, 11) is 0. The van der Waals surface area contributed by atoms with Gasteiger partial charge in [-0.25, -0.2) is 0 Å². The maximum atomic E-state index is 6.31. The molecule has 0 radical (unpaired) electrons. The lowest BCUT2D eigenvalue weighted by Crippen LogP contribution is -2.09. The maximum Gasteiger partial charge on any atom is 0.0873 e. The summed E-state index contributed by atoms with van der Waals surface area (Å²) in [6.07, 6.45) is 4.82. The van der Waals surface area contributed by atoms with Crippen molar-refractivity contribution in [3.63, 3.8) is 0 Å². The first-order valence-corrected chi connectivity index (χ1v) is 7.00. The van der Waals surface area contributed by atoms with Crippen molar-refractivity contribution in [3.05, 3.63) is 59.9 Å². The quantitative estimate of drug-likeness (QED) is 0.784. The fourth-order valence-electron chi connectivity index (χ4n) is 2.64. The minimum absolute atomic E-state index is 0.0336. The summed E-state index contributed by atoms with van der Waals surface area (Å²) in [5, 5.41) is 0. The molecular formula is C17H19N3. The smallest absolute Gasteiger partial charge is 0.0873 e. The van der Waals surface area contributed by atoms with E-state index in [0.717, 1.165) is 17.8 Å². The Balaban J connectivity index is 2.35. The summed E-state index contributed by atoms with van der Waals surface area (Å²) in [5.74, 6) is 0. The average Bonchev–Trinajstić information content (AvgIpc) is 2.88. The molecule has 3 rings (SSSR count). The molecule has 3 aromatic rings. The number of pyridine rings is 2. The molecule has 0 amide bonds. The standard InChI is InChI=1S/C17H19N3/c1-3-14(18)13-11-16-12(2)7-6-10-20(16)17(13)15-8-4-5-9-19-15/h4-11,14H,3,18H2,1-2H3. The Labute approximate surface area is 119 Å². The first-order valence-electron chi connectivity index (χ1n) is 7.00. The molecule has 3 heterocycles. The molecule has 0 bridgehead atoms. The SMILES string of the molecule is CCC(N)c1cc2c(C)cccn2c1-c1ccccn1. The highest BCUT2D eigenvalue weighted by Crippen LogP contribution is 2.32. The van der Waals surface area contributed by atoms with Crippen LogP contribution in [0.25, 0.3) is 16.9 Å². The summed E-state index contributed by atoms with van der Waals surface area (Å²) in [5.41, 5.74) is 12.0. The molecule has 0 saturated heterocycles. The third-order valence-electron chi connectivity index (χ3n) is 3.80. The number of nitrogens with two attached hydrogens (primary N) is 1. The molecule has 0 aliphatic heterocycles. The van der Waals surface area contributed by atoms with Crippen molar-refractivity contribution in [3.8, 4) is 11.4 Å². The van der Waals surface area contributed by atoms with E-state index in [0.29, 0.717) is 0 Å². The Morgan fingerprint density at radius 3 is 2.80 bits per heavy atom. The lowest BCUT2D eigenvalue weighted by molar-refractivity contribution is 0.700. The largest absolute Gasteiger partial charge is 0.324 e. The van der Waals surface area contributed by atoms with E-state index >= 15 is 0 Å². The van der Waals surface area contributed by atoms with Crippen LogP contribution in [0, 0.1) is 6.92 Å². The fraction of sp³-hybridized carbons (Fsp3) is 0.235. The first kappa shape index (κ1) is 12.9. The molecule has 2 N–H and O–H groups in total. The number of hydrogen-bond donors (Lipinski definition) is 1. The number of rotatable bonds is 3. The van der Waals surface area contributed by atoms with Gasteiger partial charge in [0.25, 0.3) is 0 Å². The fourth-order valence-corrected chi connectivity index (χ4v) is 2.64. The van der Waals surface area contributed by atoms with Gasteiger partial charge in [-0.2, -0.15) is 0 Å². The van der Waals surface area contributed by atoms with Crippen molar-refractivity contribution in [2.24, 2.45) is 5.73 Å². The maximum absolute atomic E-state index is 6.31. The molecule has 20 heavy (non-hydrogen) atoms. The van der Waals surface area contributed by atoms with Gasteiger partial charge in [0, 0.05) is 24.0 Å². The van der Waals surface area contributed by atoms with Crippen molar-refractivity contribution in [2.45, 2.75) is 26.3 Å². The van der Waals surface area contributed by atoms with Crippen LogP contribution in [-0.2, 0) is 0 Å². The van der Waals surface area contributed by atoms with Crippen LogP contribution < -0.4 is 5.73 Å². The molecule has 1 unspecified atom stereocenters. The summed E-state index contributed by atoms with van der Waals surface area (Å²) in [6, 6.07) is 12.4. The Morgan fingerprint density at radius 1 is 1.25 bits per heavy atom. The van der Waals surface area contributed by atoms with Crippen LogP contribution in [-0.4, -0.2) is 9.38 Å². The number of nitrogens with zero attached hydrogens (tertiary/aromatic N) is 2. The molecule has 3 aromatic heterocycles. The van der Waals surface area contributed by atoms with Crippen LogP contribution in [0.15, 0.2) is 48.8 Å². The van der Waals surface area contributed by atoms with E-state index in [1.165, 1.54) is 16.6 Å². The van der Waals surface area contributed by atoms with Gasteiger partial charge in [0.15, 0.2) is 0 Å². The van der Waals surface area contributed by atoms with E-state index in [4.69, 9.17) is 5.73 Å². The monoisotopic (exact) mass is 265 g/mol. The van der Waals surface area contributed by atoms with Crippen LogP contribution in [0.5, 0.6) is 0 Å². The molecule has 0 saturated carbocycles. The predicted molar refractivity (Wildman–Crippen MR) is 82.6 cm³/mol. The molecule has 0 spiro atoms. The molecule has 3 nitrogen and oxygen atoms in total. The van der Waals surface area contributed by atoms with Gasteiger partial charge < -0.3 is 10.1 Å². The van der Waals surface area contributed by atoms with Crippen molar-refractivity contribution in [1.29, 1.82) is 0 Å². The lowest BCUT2D eigenvalue weighted by atomic mass is 10.0. The van der Waals surface area contributed by atoms with E-state index in [1.54, 1.807) is 0 Å². The Kier molecular flexibility index (Phi) is 3.28. The molecule has 0 aliphatic carbocycles. The van der Waals surface area contributed by atoms with E-state index < -0.39 is 0 Å². The van der Waals surface area contributed by atoms with Gasteiger partial charge in [-0.15, -0.1) is 0 Å². The van der Waals surface area contributed by atoms with Crippen LogP contribution >= 0.6 is 0 Å². The van der Waals surface area contributed by atoms with Gasteiger partial charge in [0.05, 0.1) is 11.4 Å². The average molecular weight is 265 g/mol. The van der Waals surface area contributed by atoms with Gasteiger partial charge in [-0.05, 0) is 48.7 Å². The van der Waals surface area contributed by atoms with Gasteiger partial charge in [0.1, 0.15) is 0 Å². The molecular weight excluding hydrogens is 246 g/mol. The van der Waals surface area contributed by atoms with Crippen molar-refractivity contribution in [2.75, 3.05) is 0 Å². The lowest BCUT2D eigenvalue weighted by Gasteiger charge is -2.11. The van der Waals surface area contributed by atoms with Gasteiger partial charge in [-0.1, -0.05) is 19.1 Å². The predicted octanol–water partition coefficient (Wildman–Crippen LogP) is 3.72. The van der Waals surface area contributed by atoms with Gasteiger partial charge in [0.2, 0.25) is 0 Å². The van der Waals surface area contributed by atoms with E-state index in [1.807, 2.05) is 24.4 Å². The minimum Gasteiger partial charge on any atom is -0.324 e. The highest BCUT2D eigenvalue weighted by Gasteiger charge is 2.18. The molecule has 0 aliphatic rings. The summed E-state index contributed by atoms with van der Waals surface area (Å²) in [6.45, 7) is 4.24. The third kappa shape index (κ3) is 2.00. The molecule has 0 fully saturated rings. The number of aryl methyl sites for hydroxylation is 1. The van der Waals surface area contributed by atoms with Crippen molar-refractivity contribution in [1.82, 2.24) is 9.38 Å². The summed E-state index contributed by atoms with van der Waals surface area (Å²) >= 11 is 0. The molecule has 0 aromatic carbocycles. The van der Waals surface area contributed by atoms with Crippen LogP contribution in [0.1, 0.15) is 30.5 Å². The zero-order chi connectivity index (χ0) is 14.1. The number of aromatic nitrogens is 2. The summed E-state index contributed by atoms with van der Waals surface area (Å²) < 4.78 is 2.20. The van der Waals surface area contributed by atoms with E-state index in [9.17, 15) is 0 Å². The van der Waals surface area contributed by atoms with Gasteiger partial charge >= 0.3 is 0 Å². The van der Waals surface area contributed by atoms with Crippen LogP contribution in [0.3, 0.4) is 0 Å². The number of fused-ring (bicyclic) bond motifs is 1. The second-order valence-corrected chi connectivity index (χ2v) is 5.12. The normalized spacial score (nSPS) is 12.8. The topological polar surface area (TPSA) is 43.3 Å². The van der Waals surface area contributed by atoms with E-state index in [2.05, 4.69) is 47.6 Å². The Bertz CT molecular complexity index is 729. The second-order valence-electron chi connectivity index (χ2n) is 5.12. The molecule has 1 atom stereocenters. The Morgan fingerprint density at radius 2 is 2.10 bits per heavy atom. The highest BCUT2D eigenvalue weighted by molar-refractivity contribution is 5.72. The van der Waals surface area contributed by atoms with Gasteiger partial charge in [-0.3, -0.25) is 4.98 Å². The number of hydrogen-bond acceptors (Lipinski definition) is 2. The summed E-state index contributed by atoms with van der Waals surface area (Å²) in [4.78, 5) is 4.50. The van der Waals surface area contributed by atoms with Crippen LogP contribution in [0.4, 0.5) is 0 Å². The minimum atomic E-state index is 0.0336. The van der Waals surface area contributed by atoms with E-state index in [-0.39, 0.29) is 6.04 Å². The van der Waals surface area contributed by atoms with Crippen LogP contribution in [0.2, 0.25) is 0 Å². The van der Waals surface area contributed by atoms with Crippen molar-refractivity contribution < 1.29 is 0 Å². The van der Waals surface area contributed by atoms with Crippen molar-refractivity contribution >= 4 is 5.52 Å². The Hall–Kier alpha value is -2.13. The zero-order valence-corrected chi connectivity index (χ0v) is 11.9. The molecule has 102 valence electrons. The zero-order valence-electron chi connectivity index (χ0n) is 11.9. The third-order valence-corrected chi connectivity index (χ3v) is 3.80.